The van der Waals surface area contributed by atoms with Crippen molar-refractivity contribution >= 4 is 22.7 Å². The fourth-order valence-electron chi connectivity index (χ4n) is 1.13. The molecule has 0 aliphatic rings. The van der Waals surface area contributed by atoms with Gasteiger partial charge in [0.1, 0.15) is 12.7 Å². The first-order valence-corrected chi connectivity index (χ1v) is 3.79. The lowest BCUT2D eigenvalue weighted by Gasteiger charge is -1.99. The monoisotopic (exact) mass is 175 g/mol. The number of anilines is 1. The van der Waals surface area contributed by atoms with Gasteiger partial charge in [-0.15, -0.1) is 0 Å². The number of fused-ring (bicyclic) bond motifs is 1. The zero-order chi connectivity index (χ0) is 9.42. The number of hydrogen-bond acceptors (Lipinski definition) is 4. The highest BCUT2D eigenvalue weighted by Crippen LogP contribution is 2.16. The van der Waals surface area contributed by atoms with Crippen molar-refractivity contribution < 1.29 is 0 Å². The van der Waals surface area contributed by atoms with Gasteiger partial charge < -0.3 is 5.73 Å². The van der Waals surface area contributed by atoms with Crippen molar-refractivity contribution in [2.75, 3.05) is 5.73 Å². The highest BCUT2D eigenvalue weighted by molar-refractivity contribution is 5.83. The van der Waals surface area contributed by atoms with Crippen molar-refractivity contribution in [2.45, 2.75) is 6.92 Å². The maximum Gasteiger partial charge on any atom is 0.169 e. The second kappa shape index (κ2) is 2.55. The molecule has 0 amide bonds. The second-order valence-electron chi connectivity index (χ2n) is 2.78. The van der Waals surface area contributed by atoms with Crippen LogP contribution < -0.4 is 5.73 Å². The Balaban J connectivity index is 2.83. The van der Waals surface area contributed by atoms with Crippen molar-refractivity contribution in [2.24, 2.45) is 0 Å². The third kappa shape index (κ3) is 1.05. The molecule has 2 rings (SSSR count). The molecule has 0 saturated heterocycles. The van der Waals surface area contributed by atoms with Gasteiger partial charge in [-0.3, -0.25) is 4.57 Å². The maximum absolute atomic E-state index is 5.61. The Morgan fingerprint density at radius 1 is 1.46 bits per heavy atom. The van der Waals surface area contributed by atoms with Gasteiger partial charge in [-0.25, -0.2) is 15.0 Å². The summed E-state index contributed by atoms with van der Waals surface area (Å²) in [5.74, 6) is 0.394. The van der Waals surface area contributed by atoms with Crippen LogP contribution in [0.2, 0.25) is 0 Å². The lowest BCUT2D eigenvalue weighted by Crippen LogP contribution is -1.95. The van der Waals surface area contributed by atoms with Crippen molar-refractivity contribution in [1.82, 2.24) is 19.5 Å². The van der Waals surface area contributed by atoms with E-state index in [1.54, 1.807) is 10.9 Å². The van der Waals surface area contributed by atoms with E-state index in [-0.39, 0.29) is 0 Å². The molecular weight excluding hydrogens is 166 g/mol. The Bertz CT molecular complexity index is 470. The summed E-state index contributed by atoms with van der Waals surface area (Å²) >= 11 is 0. The van der Waals surface area contributed by atoms with Gasteiger partial charge >= 0.3 is 0 Å². The third-order valence-corrected chi connectivity index (χ3v) is 1.77. The van der Waals surface area contributed by atoms with Gasteiger partial charge in [0.25, 0.3) is 0 Å². The van der Waals surface area contributed by atoms with Crippen LogP contribution in [-0.4, -0.2) is 19.5 Å². The minimum absolute atomic E-state index is 0.394. The zero-order valence-electron chi connectivity index (χ0n) is 7.23. The molecule has 2 aromatic heterocycles. The number of aromatic nitrogens is 4. The van der Waals surface area contributed by atoms with Crippen LogP contribution in [0.3, 0.4) is 0 Å². The predicted molar refractivity (Wildman–Crippen MR) is 50.7 cm³/mol. The van der Waals surface area contributed by atoms with Crippen molar-refractivity contribution in [3.63, 3.8) is 0 Å². The number of nitrogens with two attached hydrogens (primary N) is 1. The third-order valence-electron chi connectivity index (χ3n) is 1.77. The number of hydrogen-bond donors (Lipinski definition) is 1. The molecule has 0 atom stereocenters. The van der Waals surface area contributed by atoms with Gasteiger partial charge in [-0.1, -0.05) is 6.58 Å². The van der Waals surface area contributed by atoms with Crippen LogP contribution in [0.1, 0.15) is 6.92 Å². The van der Waals surface area contributed by atoms with Crippen molar-refractivity contribution in [3.05, 3.63) is 19.2 Å². The normalized spacial score (nSPS) is 10.5. The fourth-order valence-corrected chi connectivity index (χ4v) is 1.13. The molecule has 2 aromatic rings. The molecular formula is C8H9N5. The molecule has 0 aromatic carbocycles. The lowest BCUT2D eigenvalue weighted by atomic mass is 10.5. The summed E-state index contributed by atoms with van der Waals surface area (Å²) in [5, 5.41) is 0. The van der Waals surface area contributed by atoms with E-state index in [0.29, 0.717) is 17.0 Å². The molecule has 0 radical (unpaired) electrons. The molecule has 0 unspecified atom stereocenters. The van der Waals surface area contributed by atoms with Crippen LogP contribution in [0.25, 0.3) is 16.9 Å². The Hall–Kier alpha value is -1.91. The van der Waals surface area contributed by atoms with Gasteiger partial charge in [0.2, 0.25) is 0 Å². The van der Waals surface area contributed by atoms with Gasteiger partial charge in [0.05, 0.1) is 0 Å². The van der Waals surface area contributed by atoms with E-state index < -0.39 is 0 Å². The summed E-state index contributed by atoms with van der Waals surface area (Å²) in [6.45, 7) is 5.67. The van der Waals surface area contributed by atoms with Gasteiger partial charge in [-0.05, 0) is 6.92 Å². The number of rotatable bonds is 1. The van der Waals surface area contributed by atoms with E-state index in [1.807, 2.05) is 6.92 Å². The molecule has 5 nitrogen and oxygen atoms in total. The largest absolute Gasteiger partial charge is 0.382 e. The van der Waals surface area contributed by atoms with E-state index >= 15 is 0 Å². The molecule has 0 bridgehead atoms. The first-order valence-electron chi connectivity index (χ1n) is 3.79. The minimum Gasteiger partial charge on any atom is -0.382 e. The topological polar surface area (TPSA) is 69.6 Å². The second-order valence-corrected chi connectivity index (χ2v) is 2.78. The molecule has 2 N–H and O–H groups in total. The molecule has 13 heavy (non-hydrogen) atoms. The molecule has 0 aliphatic heterocycles. The maximum atomic E-state index is 5.61. The van der Waals surface area contributed by atoms with E-state index in [4.69, 9.17) is 5.73 Å². The first kappa shape index (κ1) is 7.72. The van der Waals surface area contributed by atoms with Gasteiger partial charge in [0, 0.05) is 5.70 Å². The van der Waals surface area contributed by atoms with E-state index in [1.165, 1.54) is 6.33 Å². The number of allylic oxidation sites excluding steroid dienone is 1. The van der Waals surface area contributed by atoms with Gasteiger partial charge in [-0.2, -0.15) is 0 Å². The van der Waals surface area contributed by atoms with E-state index in [2.05, 4.69) is 21.5 Å². The summed E-state index contributed by atoms with van der Waals surface area (Å²) in [7, 11) is 0. The predicted octanol–water partition coefficient (Wildman–Crippen LogP) is 0.899. The molecule has 0 fully saturated rings. The summed E-state index contributed by atoms with van der Waals surface area (Å²) in [5.41, 5.74) is 7.77. The Labute approximate surface area is 74.9 Å². The van der Waals surface area contributed by atoms with Crippen LogP contribution in [0.5, 0.6) is 0 Å². The number of nitrogens with zero attached hydrogens (tertiary/aromatic N) is 4. The minimum atomic E-state index is 0.394. The lowest BCUT2D eigenvalue weighted by molar-refractivity contribution is 1.08. The Morgan fingerprint density at radius 2 is 2.23 bits per heavy atom. The van der Waals surface area contributed by atoms with Crippen LogP contribution in [0.15, 0.2) is 19.2 Å². The smallest absolute Gasteiger partial charge is 0.169 e. The fraction of sp³-hybridized carbons (Fsp3) is 0.125. The average molecular weight is 175 g/mol. The molecule has 0 spiro atoms. The summed E-state index contributed by atoms with van der Waals surface area (Å²) in [4.78, 5) is 12.0. The quantitative estimate of drug-likeness (QED) is 0.699. The highest BCUT2D eigenvalue weighted by Gasteiger charge is 2.06. The van der Waals surface area contributed by atoms with Crippen molar-refractivity contribution in [3.8, 4) is 0 Å². The van der Waals surface area contributed by atoms with Crippen LogP contribution in [-0.2, 0) is 0 Å². The Morgan fingerprint density at radius 3 is 2.92 bits per heavy atom. The van der Waals surface area contributed by atoms with Crippen LogP contribution in [0.4, 0.5) is 5.82 Å². The van der Waals surface area contributed by atoms with E-state index in [0.717, 1.165) is 5.70 Å². The van der Waals surface area contributed by atoms with Gasteiger partial charge in [0.15, 0.2) is 17.0 Å². The zero-order valence-corrected chi connectivity index (χ0v) is 7.23. The molecule has 2 heterocycles. The first-order chi connectivity index (χ1) is 6.20. The standard InChI is InChI=1S/C8H9N5/c1-5(2)13-4-12-6-7(9)10-3-11-8(6)13/h3-4H,1H2,2H3,(H2,9,10,11). The Kier molecular flexibility index (Phi) is 1.51. The summed E-state index contributed by atoms with van der Waals surface area (Å²) in [6, 6.07) is 0. The van der Waals surface area contributed by atoms with E-state index in [9.17, 15) is 0 Å². The van der Waals surface area contributed by atoms with Crippen molar-refractivity contribution in [1.29, 1.82) is 0 Å². The number of nitrogen functional groups attached to an aromatic ring is 1. The SMILES string of the molecule is C=C(C)n1cnc2c(N)ncnc21. The molecule has 66 valence electrons. The molecule has 0 saturated carbocycles. The molecule has 5 heteroatoms. The highest BCUT2D eigenvalue weighted by atomic mass is 15.1. The number of imidazole rings is 1. The summed E-state index contributed by atoms with van der Waals surface area (Å²) in [6.07, 6.45) is 3.05. The molecule has 0 aliphatic carbocycles. The summed E-state index contributed by atoms with van der Waals surface area (Å²) < 4.78 is 1.77. The van der Waals surface area contributed by atoms with Crippen LogP contribution >= 0.6 is 0 Å². The average Bonchev–Trinajstić information content (AvgIpc) is 2.48. The van der Waals surface area contributed by atoms with Crippen LogP contribution in [0, 0.1) is 0 Å².